The van der Waals surface area contributed by atoms with Gasteiger partial charge >= 0.3 is 0 Å². The summed E-state index contributed by atoms with van der Waals surface area (Å²) >= 11 is 0. The van der Waals surface area contributed by atoms with Gasteiger partial charge in [-0.25, -0.2) is 0 Å². The molecule has 0 bridgehead atoms. The zero-order valence-corrected chi connectivity index (χ0v) is 12.0. The normalized spacial score (nSPS) is 18.7. The Labute approximate surface area is 110 Å². The van der Waals surface area contributed by atoms with Gasteiger partial charge in [0.1, 0.15) is 0 Å². The molecule has 1 aliphatic rings. The maximum Gasteiger partial charge on any atom is 0.161 e. The highest BCUT2D eigenvalue weighted by molar-refractivity contribution is 5.31. The minimum atomic E-state index is 0.353. The molecule has 1 unspecified atom stereocenters. The van der Waals surface area contributed by atoms with Crippen LogP contribution in [0.4, 0.5) is 0 Å². The van der Waals surface area contributed by atoms with Gasteiger partial charge in [-0.05, 0) is 31.2 Å². The van der Waals surface area contributed by atoms with Gasteiger partial charge in [0.15, 0.2) is 5.75 Å². The first-order valence-corrected chi connectivity index (χ1v) is 6.99. The van der Waals surface area contributed by atoms with Crippen molar-refractivity contribution in [3.63, 3.8) is 0 Å². The number of aromatic nitrogens is 2. The van der Waals surface area contributed by atoms with Crippen LogP contribution in [0.15, 0.2) is 6.20 Å². The van der Waals surface area contributed by atoms with Gasteiger partial charge in [0.2, 0.25) is 0 Å². The molecule has 1 aromatic rings. The first kappa shape index (κ1) is 13.4. The van der Waals surface area contributed by atoms with Crippen molar-refractivity contribution in [3.8, 4) is 5.75 Å². The number of nitrogens with one attached hydrogen (secondary N) is 1. The lowest BCUT2D eigenvalue weighted by molar-refractivity contribution is 0.327. The molecule has 1 atom stereocenters. The number of aryl methyl sites for hydroxylation is 1. The van der Waals surface area contributed by atoms with E-state index in [1.165, 1.54) is 18.5 Å². The number of hydrogen-bond acceptors (Lipinski definition) is 3. The lowest BCUT2D eigenvalue weighted by atomic mass is 9.95. The van der Waals surface area contributed by atoms with E-state index in [4.69, 9.17) is 4.74 Å². The fourth-order valence-corrected chi connectivity index (χ4v) is 2.58. The second kappa shape index (κ2) is 5.31. The zero-order valence-electron chi connectivity index (χ0n) is 12.0. The van der Waals surface area contributed by atoms with E-state index in [-0.39, 0.29) is 0 Å². The molecule has 4 nitrogen and oxygen atoms in total. The van der Waals surface area contributed by atoms with Crippen LogP contribution in [0.3, 0.4) is 0 Å². The molecule has 4 heteroatoms. The first-order chi connectivity index (χ1) is 8.66. The number of ether oxygens (including phenoxy) is 1. The van der Waals surface area contributed by atoms with Gasteiger partial charge in [0.05, 0.1) is 25.0 Å². The molecule has 0 spiro atoms. The Balaban J connectivity index is 2.35. The van der Waals surface area contributed by atoms with Crippen molar-refractivity contribution in [2.45, 2.75) is 52.6 Å². The molecule has 0 amide bonds. The molecule has 18 heavy (non-hydrogen) atoms. The average molecular weight is 251 g/mol. The lowest BCUT2D eigenvalue weighted by Gasteiger charge is -2.26. The Hall–Kier alpha value is -1.03. The van der Waals surface area contributed by atoms with E-state index in [1.807, 2.05) is 6.20 Å². The van der Waals surface area contributed by atoms with Crippen LogP contribution in [0.25, 0.3) is 0 Å². The highest BCUT2D eigenvalue weighted by Gasteiger charge is 2.47. The molecule has 0 aliphatic heterocycles. The van der Waals surface area contributed by atoms with Gasteiger partial charge in [-0.1, -0.05) is 20.8 Å². The lowest BCUT2D eigenvalue weighted by Crippen LogP contribution is -2.30. The van der Waals surface area contributed by atoms with Gasteiger partial charge in [0, 0.05) is 6.54 Å². The van der Waals surface area contributed by atoms with E-state index in [2.05, 4.69) is 35.9 Å². The molecule has 1 fully saturated rings. The summed E-state index contributed by atoms with van der Waals surface area (Å²) in [5, 5.41) is 8.09. The fourth-order valence-electron chi connectivity index (χ4n) is 2.58. The van der Waals surface area contributed by atoms with Crippen LogP contribution in [-0.4, -0.2) is 23.4 Å². The summed E-state index contributed by atoms with van der Waals surface area (Å²) in [6, 6.07) is 0.353. The maximum atomic E-state index is 5.50. The third-order valence-corrected chi connectivity index (χ3v) is 3.92. The highest BCUT2D eigenvalue weighted by Crippen LogP contribution is 2.55. The van der Waals surface area contributed by atoms with Crippen molar-refractivity contribution in [1.29, 1.82) is 0 Å². The van der Waals surface area contributed by atoms with Gasteiger partial charge in [0.25, 0.3) is 0 Å². The van der Waals surface area contributed by atoms with Crippen LogP contribution < -0.4 is 10.1 Å². The summed E-state index contributed by atoms with van der Waals surface area (Å²) in [4.78, 5) is 0. The minimum absolute atomic E-state index is 0.353. The van der Waals surface area contributed by atoms with Crippen molar-refractivity contribution in [1.82, 2.24) is 15.1 Å². The topological polar surface area (TPSA) is 39.1 Å². The average Bonchev–Trinajstić information content (AvgIpc) is 2.98. The molecule has 1 N–H and O–H groups in total. The molecule has 1 aromatic heterocycles. The van der Waals surface area contributed by atoms with Crippen LogP contribution >= 0.6 is 0 Å². The highest BCUT2D eigenvalue weighted by atomic mass is 16.5. The minimum Gasteiger partial charge on any atom is -0.493 e. The molecule has 0 saturated heterocycles. The molecule has 2 rings (SSSR count). The Bertz CT molecular complexity index is 396. The van der Waals surface area contributed by atoms with Crippen LogP contribution in [0.5, 0.6) is 5.75 Å². The van der Waals surface area contributed by atoms with Crippen molar-refractivity contribution in [2.24, 2.45) is 5.41 Å². The number of methoxy groups -OCH3 is 1. The molecular formula is C14H25N3O. The van der Waals surface area contributed by atoms with E-state index in [0.717, 1.165) is 25.3 Å². The summed E-state index contributed by atoms with van der Waals surface area (Å²) in [5.74, 6) is 0.919. The first-order valence-electron chi connectivity index (χ1n) is 6.99. The molecule has 102 valence electrons. The molecule has 0 aromatic carbocycles. The zero-order chi connectivity index (χ0) is 13.2. The van der Waals surface area contributed by atoms with E-state index >= 15 is 0 Å². The van der Waals surface area contributed by atoms with E-state index in [9.17, 15) is 0 Å². The molecule has 1 heterocycles. The van der Waals surface area contributed by atoms with Crippen LogP contribution in [0.2, 0.25) is 0 Å². The van der Waals surface area contributed by atoms with Crippen LogP contribution in [0.1, 0.15) is 51.8 Å². The van der Waals surface area contributed by atoms with E-state index in [1.54, 1.807) is 7.11 Å². The Morgan fingerprint density at radius 1 is 1.50 bits per heavy atom. The SMILES string of the molecule is CCCn1ncc(OC)c1C(NCC)C1(C)CC1. The van der Waals surface area contributed by atoms with Gasteiger partial charge in [-0.2, -0.15) is 5.10 Å². The van der Waals surface area contributed by atoms with Crippen molar-refractivity contribution in [3.05, 3.63) is 11.9 Å². The van der Waals surface area contributed by atoms with Gasteiger partial charge in [-0.15, -0.1) is 0 Å². The summed E-state index contributed by atoms with van der Waals surface area (Å²) in [6.07, 6.45) is 5.50. The smallest absolute Gasteiger partial charge is 0.161 e. The van der Waals surface area contributed by atoms with Crippen LogP contribution in [0, 0.1) is 5.41 Å². The van der Waals surface area contributed by atoms with Gasteiger partial charge in [-0.3, -0.25) is 4.68 Å². The van der Waals surface area contributed by atoms with Gasteiger partial charge < -0.3 is 10.1 Å². The molecular weight excluding hydrogens is 226 g/mol. The van der Waals surface area contributed by atoms with E-state index < -0.39 is 0 Å². The second-order valence-corrected chi connectivity index (χ2v) is 5.47. The van der Waals surface area contributed by atoms with E-state index in [0.29, 0.717) is 11.5 Å². The summed E-state index contributed by atoms with van der Waals surface area (Å²) in [5.41, 5.74) is 1.59. The largest absolute Gasteiger partial charge is 0.493 e. The van der Waals surface area contributed by atoms with Crippen molar-refractivity contribution >= 4 is 0 Å². The molecule has 0 radical (unpaired) electrons. The van der Waals surface area contributed by atoms with Crippen LogP contribution in [-0.2, 0) is 6.54 Å². The molecule has 1 aliphatic carbocycles. The summed E-state index contributed by atoms with van der Waals surface area (Å²) in [7, 11) is 1.73. The Kier molecular flexibility index (Phi) is 3.95. The third kappa shape index (κ3) is 2.39. The summed E-state index contributed by atoms with van der Waals surface area (Å²) < 4.78 is 7.61. The van der Waals surface area contributed by atoms with Crippen molar-refractivity contribution < 1.29 is 4.74 Å². The quantitative estimate of drug-likeness (QED) is 0.810. The number of hydrogen-bond donors (Lipinski definition) is 1. The standard InChI is InChI=1S/C14H25N3O/c1-5-9-17-12(11(18-4)10-16-17)13(15-6-2)14(3)7-8-14/h10,13,15H,5-9H2,1-4H3. The predicted octanol–water partition coefficient (Wildman–Crippen LogP) is 2.75. The fraction of sp³-hybridized carbons (Fsp3) is 0.786. The monoisotopic (exact) mass is 251 g/mol. The Morgan fingerprint density at radius 2 is 2.22 bits per heavy atom. The number of rotatable bonds is 7. The second-order valence-electron chi connectivity index (χ2n) is 5.47. The molecule has 1 saturated carbocycles. The number of nitrogens with zero attached hydrogens (tertiary/aromatic N) is 2. The Morgan fingerprint density at radius 3 is 2.72 bits per heavy atom. The maximum absolute atomic E-state index is 5.50. The summed E-state index contributed by atoms with van der Waals surface area (Å²) in [6.45, 7) is 8.62. The van der Waals surface area contributed by atoms with Crippen molar-refractivity contribution in [2.75, 3.05) is 13.7 Å². The third-order valence-electron chi connectivity index (χ3n) is 3.92. The predicted molar refractivity (Wildman–Crippen MR) is 72.8 cm³/mol.